The molecule has 0 bridgehead atoms. The van der Waals surface area contributed by atoms with E-state index in [0.29, 0.717) is 12.8 Å². The Morgan fingerprint density at radius 1 is 0.427 bits per heavy atom. The third kappa shape index (κ3) is 36.2. The Balaban J connectivity index is 1.77. The summed E-state index contributed by atoms with van der Waals surface area (Å²) < 4.78 is 64.7. The molecule has 3 aliphatic rings. The van der Waals surface area contributed by atoms with E-state index < -0.39 is 156 Å². The third-order valence-corrected chi connectivity index (χ3v) is 19.0. The highest BCUT2D eigenvalue weighted by molar-refractivity contribution is 7.47. The number of phosphoric ester groups is 1. The molecule has 24 nitrogen and oxygen atoms in total. The van der Waals surface area contributed by atoms with Gasteiger partial charge in [0.2, 0.25) is 0 Å². The van der Waals surface area contributed by atoms with E-state index in [0.717, 1.165) is 96.0 Å². The number of aliphatic hydroxyl groups excluding tert-OH is 10. The third-order valence-electron chi connectivity index (χ3n) is 18.0. The number of unbranched alkanes of at least 4 members (excludes halogenated alkanes) is 32. The molecule has 3 fully saturated rings. The van der Waals surface area contributed by atoms with E-state index in [1.54, 1.807) is 6.08 Å². The summed E-state index contributed by atoms with van der Waals surface area (Å²) in [6.45, 7) is 3.29. The largest absolute Gasteiger partial charge is 0.472 e. The van der Waals surface area contributed by atoms with Crippen LogP contribution in [0.15, 0.2) is 36.5 Å². The molecule has 96 heavy (non-hydrogen) atoms. The zero-order valence-electron chi connectivity index (χ0n) is 58.2. The van der Waals surface area contributed by atoms with E-state index in [1.807, 2.05) is 6.08 Å². The highest BCUT2D eigenvalue weighted by Crippen LogP contribution is 2.49. The van der Waals surface area contributed by atoms with Gasteiger partial charge in [0.05, 0.1) is 13.2 Å². The number of hydrogen-bond acceptors (Lipinski definition) is 23. The molecule has 0 radical (unpaired) electrons. The molecule has 2 heterocycles. The molecule has 2 aliphatic heterocycles. The second kappa shape index (κ2) is 53.1. The first kappa shape index (κ1) is 87.4. The first-order valence-electron chi connectivity index (χ1n) is 36.8. The molecule has 0 aromatic rings. The summed E-state index contributed by atoms with van der Waals surface area (Å²) in [6, 6.07) is 0. The molecule has 0 aromatic heterocycles. The molecule has 560 valence electrons. The van der Waals surface area contributed by atoms with Crippen molar-refractivity contribution in [1.29, 1.82) is 0 Å². The van der Waals surface area contributed by atoms with Crippen molar-refractivity contribution in [2.45, 2.75) is 369 Å². The van der Waals surface area contributed by atoms with Crippen molar-refractivity contribution < 1.29 is 117 Å². The van der Waals surface area contributed by atoms with Crippen LogP contribution in [0.2, 0.25) is 0 Å². The molecule has 1 aliphatic carbocycles. The Kier molecular flexibility index (Phi) is 48.3. The van der Waals surface area contributed by atoms with Gasteiger partial charge in [0.15, 0.2) is 18.7 Å². The van der Waals surface area contributed by atoms with Crippen LogP contribution in [-0.4, -0.2) is 204 Å². The first-order chi connectivity index (χ1) is 46.3. The first-order valence-corrected chi connectivity index (χ1v) is 38.3. The standard InChI is InChI=1S/C71H127O24P/c1-4-7-10-13-16-19-22-25-26-29-31-33-36-39-42-45-55(73)87-49-52(90-57(75)47-44-41-38-35-32-28-24-21-18-15-12-9-6-3)50-89-96(85,86)95-69-67(93-70-65(83)60(78)58(76)53(48-72)91-70)63(81)62(80)64(82)68(69)94-71-66(84)61(79)59(77)54(92-71)51-88-56(74)46-43-40-37-34-30-27-23-20-17-14-11-8-5-2/h27,30,36,39,42,45,52-54,58-72,76-84H,4-26,28-29,31-35,37-38,40-41,43-44,46-51H2,1-3H3,(H,85,86)/b30-27-,39-36+,45-42+. The van der Waals surface area contributed by atoms with Crippen molar-refractivity contribution >= 4 is 25.7 Å². The van der Waals surface area contributed by atoms with Crippen molar-refractivity contribution in [3.05, 3.63) is 36.5 Å². The molecule has 11 N–H and O–H groups in total. The normalized spacial score (nSPS) is 28.1. The summed E-state index contributed by atoms with van der Waals surface area (Å²) >= 11 is 0. The maximum atomic E-state index is 14.3. The number of aliphatic hydroxyl groups is 10. The number of allylic oxidation sites excluding steroid dienone is 5. The number of rotatable bonds is 56. The SMILES string of the molecule is CCCCCCCC/C=C\CCCCCC(=O)OCC1OC(OC2C(O)C(O)C(O)C(OC3OC(CO)C(O)C(O)C3O)C2OP(=O)(O)OCC(COC(=O)/C=C/C=C/CCCCCCCCCCCCC)OC(=O)CCCCCCCCCCCCCCC)C(O)C(O)C1O. The molecule has 3 rings (SSSR count). The molecular formula is C71H127O24P. The van der Waals surface area contributed by atoms with Gasteiger partial charge in [-0.15, -0.1) is 0 Å². The molecule has 0 spiro atoms. The predicted octanol–water partition coefficient (Wildman–Crippen LogP) is 9.51. The molecular weight excluding hydrogens is 1270 g/mol. The minimum atomic E-state index is -5.72. The van der Waals surface area contributed by atoms with Crippen LogP contribution in [0.25, 0.3) is 0 Å². The maximum Gasteiger partial charge on any atom is 0.472 e. The Morgan fingerprint density at radius 2 is 0.812 bits per heavy atom. The van der Waals surface area contributed by atoms with Gasteiger partial charge in [-0.2, -0.15) is 0 Å². The Labute approximate surface area is 572 Å². The van der Waals surface area contributed by atoms with Crippen LogP contribution >= 0.6 is 7.82 Å². The monoisotopic (exact) mass is 1390 g/mol. The Morgan fingerprint density at radius 3 is 1.27 bits per heavy atom. The van der Waals surface area contributed by atoms with Crippen molar-refractivity contribution in [2.24, 2.45) is 0 Å². The van der Waals surface area contributed by atoms with E-state index in [1.165, 1.54) is 134 Å². The highest BCUT2D eigenvalue weighted by Gasteiger charge is 2.58. The van der Waals surface area contributed by atoms with Crippen LogP contribution in [0.5, 0.6) is 0 Å². The second-order valence-corrected chi connectivity index (χ2v) is 27.8. The zero-order chi connectivity index (χ0) is 70.4. The number of carbonyl (C=O) groups excluding carboxylic acids is 3. The van der Waals surface area contributed by atoms with Crippen molar-refractivity contribution in [1.82, 2.24) is 0 Å². The molecule has 0 aromatic carbocycles. The van der Waals surface area contributed by atoms with Crippen LogP contribution < -0.4 is 0 Å². The minimum absolute atomic E-state index is 0.00456. The van der Waals surface area contributed by atoms with Gasteiger partial charge in [-0.1, -0.05) is 231 Å². The lowest BCUT2D eigenvalue weighted by molar-refractivity contribution is -0.360. The summed E-state index contributed by atoms with van der Waals surface area (Å²) in [4.78, 5) is 50.8. The van der Waals surface area contributed by atoms with Gasteiger partial charge < -0.3 is 89.1 Å². The minimum Gasteiger partial charge on any atom is -0.463 e. The van der Waals surface area contributed by atoms with Crippen LogP contribution in [0.4, 0.5) is 0 Å². The van der Waals surface area contributed by atoms with E-state index in [2.05, 4.69) is 32.9 Å². The molecule has 25 heteroatoms. The fourth-order valence-electron chi connectivity index (χ4n) is 12.0. The van der Waals surface area contributed by atoms with Gasteiger partial charge >= 0.3 is 25.7 Å². The van der Waals surface area contributed by atoms with Gasteiger partial charge in [0.1, 0.15) is 98.7 Å². The predicted molar refractivity (Wildman–Crippen MR) is 361 cm³/mol. The lowest BCUT2D eigenvalue weighted by Gasteiger charge is -2.49. The number of esters is 3. The Bertz CT molecular complexity index is 2140. The fraction of sp³-hybridized carbons (Fsp3) is 0.873. The smallest absolute Gasteiger partial charge is 0.463 e. The Hall–Kier alpha value is -2.82. The molecule has 0 amide bonds. The number of ether oxygens (including phenoxy) is 7. The van der Waals surface area contributed by atoms with Gasteiger partial charge in [0, 0.05) is 18.9 Å². The van der Waals surface area contributed by atoms with E-state index in [4.69, 9.17) is 42.2 Å². The van der Waals surface area contributed by atoms with Crippen LogP contribution in [0, 0.1) is 0 Å². The van der Waals surface area contributed by atoms with E-state index in [-0.39, 0.29) is 12.8 Å². The molecule has 1 saturated carbocycles. The number of carbonyl (C=O) groups is 3. The second-order valence-electron chi connectivity index (χ2n) is 26.4. The quantitative estimate of drug-likeness (QED) is 0.00513. The van der Waals surface area contributed by atoms with Crippen molar-refractivity contribution in [2.75, 3.05) is 26.4 Å². The summed E-state index contributed by atoms with van der Waals surface area (Å²) in [6.07, 6.45) is 14.4. The summed E-state index contributed by atoms with van der Waals surface area (Å²) in [5.74, 6) is -2.26. The van der Waals surface area contributed by atoms with Crippen molar-refractivity contribution in [3.63, 3.8) is 0 Å². The summed E-state index contributed by atoms with van der Waals surface area (Å²) in [7, 11) is -5.72. The van der Waals surface area contributed by atoms with E-state index >= 15 is 0 Å². The lowest BCUT2D eigenvalue weighted by atomic mass is 9.84. The molecule has 18 unspecified atom stereocenters. The number of phosphoric acid groups is 1. The van der Waals surface area contributed by atoms with Gasteiger partial charge in [0.25, 0.3) is 0 Å². The van der Waals surface area contributed by atoms with Crippen LogP contribution in [0.3, 0.4) is 0 Å². The maximum absolute atomic E-state index is 14.3. The summed E-state index contributed by atoms with van der Waals surface area (Å²) in [5, 5.41) is 110. The van der Waals surface area contributed by atoms with Gasteiger partial charge in [-0.05, 0) is 51.4 Å². The van der Waals surface area contributed by atoms with Crippen LogP contribution in [-0.2, 0) is 61.2 Å². The summed E-state index contributed by atoms with van der Waals surface area (Å²) in [5.41, 5.74) is 0. The topological polar surface area (TPSA) is 374 Å². The van der Waals surface area contributed by atoms with Crippen LogP contribution in [0.1, 0.15) is 265 Å². The van der Waals surface area contributed by atoms with Crippen molar-refractivity contribution in [3.8, 4) is 0 Å². The molecule has 18 atom stereocenters. The average Bonchev–Trinajstić information content (AvgIpc) is 0.766. The molecule has 2 saturated heterocycles. The number of hydrogen-bond donors (Lipinski definition) is 11. The zero-order valence-corrected chi connectivity index (χ0v) is 59.0. The fourth-order valence-corrected chi connectivity index (χ4v) is 12.9. The van der Waals surface area contributed by atoms with Gasteiger partial charge in [-0.3, -0.25) is 18.6 Å². The average molecular weight is 1400 g/mol. The highest BCUT2D eigenvalue weighted by atomic mass is 31.2. The lowest BCUT2D eigenvalue weighted by Crippen LogP contribution is -2.69. The van der Waals surface area contributed by atoms with Gasteiger partial charge in [-0.25, -0.2) is 9.36 Å². The van der Waals surface area contributed by atoms with E-state index in [9.17, 15) is 74.9 Å².